The average molecular weight is 462 g/mol. The minimum absolute atomic E-state index is 0.111. The van der Waals surface area contributed by atoms with Gasteiger partial charge >= 0.3 is 5.97 Å². The van der Waals surface area contributed by atoms with Gasteiger partial charge in [-0.3, -0.25) is 19.3 Å². The predicted molar refractivity (Wildman–Crippen MR) is 120 cm³/mol. The van der Waals surface area contributed by atoms with E-state index in [4.69, 9.17) is 33.3 Å². The van der Waals surface area contributed by atoms with E-state index < -0.39 is 23.8 Å². The summed E-state index contributed by atoms with van der Waals surface area (Å²) in [6, 6.07) is 12.4. The smallest absolute Gasteiger partial charge is 0.325 e. The fourth-order valence-electron chi connectivity index (χ4n) is 3.11. The summed E-state index contributed by atoms with van der Waals surface area (Å²) in [6.07, 6.45) is -0.202. The molecular formula is C21H20ClN3O5S. The van der Waals surface area contributed by atoms with Crippen molar-refractivity contribution in [2.45, 2.75) is 12.5 Å². The monoisotopic (exact) mass is 461 g/mol. The van der Waals surface area contributed by atoms with Crippen LogP contribution in [0.5, 0.6) is 5.75 Å². The molecule has 31 heavy (non-hydrogen) atoms. The van der Waals surface area contributed by atoms with Gasteiger partial charge in [0, 0.05) is 10.7 Å². The normalized spacial score (nSPS) is 15.8. The largest absolute Gasteiger partial charge is 0.497 e. The molecule has 162 valence electrons. The van der Waals surface area contributed by atoms with Crippen LogP contribution in [0.15, 0.2) is 48.5 Å². The summed E-state index contributed by atoms with van der Waals surface area (Å²) in [5.41, 5.74) is 1.04. The van der Waals surface area contributed by atoms with Gasteiger partial charge in [-0.25, -0.2) is 0 Å². The number of benzene rings is 2. The van der Waals surface area contributed by atoms with E-state index in [1.54, 1.807) is 55.6 Å². The van der Waals surface area contributed by atoms with Gasteiger partial charge < -0.3 is 19.7 Å². The van der Waals surface area contributed by atoms with Crippen LogP contribution in [0.2, 0.25) is 5.02 Å². The van der Waals surface area contributed by atoms with Crippen LogP contribution in [0.1, 0.15) is 6.42 Å². The van der Waals surface area contributed by atoms with E-state index in [0.717, 1.165) is 0 Å². The summed E-state index contributed by atoms with van der Waals surface area (Å²) in [7, 11) is 2.79. The molecule has 1 saturated heterocycles. The molecule has 1 atom stereocenters. The molecule has 0 radical (unpaired) electrons. The highest BCUT2D eigenvalue weighted by Gasteiger charge is 2.45. The van der Waals surface area contributed by atoms with Crippen molar-refractivity contribution < 1.29 is 23.9 Å². The molecule has 1 heterocycles. The van der Waals surface area contributed by atoms with Crippen LogP contribution < -0.4 is 15.0 Å². The van der Waals surface area contributed by atoms with Gasteiger partial charge in [-0.05, 0) is 60.7 Å². The first-order valence-electron chi connectivity index (χ1n) is 9.25. The Hall–Kier alpha value is -3.17. The lowest BCUT2D eigenvalue weighted by atomic mass is 10.1. The van der Waals surface area contributed by atoms with Crippen LogP contribution >= 0.6 is 23.8 Å². The summed E-state index contributed by atoms with van der Waals surface area (Å²) in [6.45, 7) is -0.258. The Bertz CT molecular complexity index is 997. The number of nitrogens with one attached hydrogen (secondary N) is 1. The van der Waals surface area contributed by atoms with E-state index in [0.29, 0.717) is 22.1 Å². The summed E-state index contributed by atoms with van der Waals surface area (Å²) in [4.78, 5) is 40.4. The number of carbonyl (C=O) groups is 3. The quantitative estimate of drug-likeness (QED) is 0.501. The first-order valence-corrected chi connectivity index (χ1v) is 10.0. The molecule has 8 nitrogen and oxygen atoms in total. The molecule has 2 amide bonds. The lowest BCUT2D eigenvalue weighted by Gasteiger charge is -2.22. The molecule has 2 aromatic carbocycles. The predicted octanol–water partition coefficient (Wildman–Crippen LogP) is 2.85. The van der Waals surface area contributed by atoms with Crippen LogP contribution in [0.4, 0.5) is 11.4 Å². The molecule has 0 bridgehead atoms. The highest BCUT2D eigenvalue weighted by atomic mass is 35.5. The Labute approximate surface area is 189 Å². The number of amides is 2. The van der Waals surface area contributed by atoms with Crippen LogP contribution in [-0.2, 0) is 19.1 Å². The minimum atomic E-state index is -0.958. The number of carbonyl (C=O) groups excluding carboxylic acids is 3. The Balaban J connectivity index is 1.81. The van der Waals surface area contributed by atoms with Gasteiger partial charge in [0.1, 0.15) is 18.3 Å². The van der Waals surface area contributed by atoms with Crippen LogP contribution in [-0.4, -0.2) is 54.6 Å². The second-order valence-electron chi connectivity index (χ2n) is 6.63. The third kappa shape index (κ3) is 5.12. The van der Waals surface area contributed by atoms with Crippen molar-refractivity contribution in [3.05, 3.63) is 53.6 Å². The van der Waals surface area contributed by atoms with E-state index in [-0.39, 0.29) is 18.1 Å². The Morgan fingerprint density at radius 1 is 1.10 bits per heavy atom. The summed E-state index contributed by atoms with van der Waals surface area (Å²) < 4.78 is 9.82. The number of anilines is 2. The number of halogens is 1. The number of hydrogen-bond donors (Lipinski definition) is 1. The third-order valence-electron chi connectivity index (χ3n) is 4.68. The van der Waals surface area contributed by atoms with Gasteiger partial charge in [-0.15, -0.1) is 0 Å². The molecule has 1 aliphatic heterocycles. The average Bonchev–Trinajstić information content (AvgIpc) is 2.98. The molecular weight excluding hydrogens is 442 g/mol. The Kier molecular flexibility index (Phi) is 7.09. The molecule has 1 N–H and O–H groups in total. The minimum Gasteiger partial charge on any atom is -0.497 e. The number of hydrogen-bond acceptors (Lipinski definition) is 6. The van der Waals surface area contributed by atoms with Gasteiger partial charge in [-0.2, -0.15) is 0 Å². The summed E-state index contributed by atoms with van der Waals surface area (Å²) >= 11 is 11.4. The number of ether oxygens (including phenoxy) is 2. The first kappa shape index (κ1) is 22.5. The van der Waals surface area contributed by atoms with Crippen molar-refractivity contribution in [1.82, 2.24) is 4.90 Å². The van der Waals surface area contributed by atoms with Crippen LogP contribution in [0, 0.1) is 0 Å². The van der Waals surface area contributed by atoms with Crippen LogP contribution in [0.25, 0.3) is 0 Å². The highest BCUT2D eigenvalue weighted by molar-refractivity contribution is 7.80. The van der Waals surface area contributed by atoms with E-state index in [2.05, 4.69) is 5.32 Å². The standard InChI is InChI=1S/C21H20ClN3O5S/c1-29-16-9-5-14(6-10-16)23-18(26)11-17-20(28)25(15-7-3-13(22)4-8-15)21(31)24(17)12-19(27)30-2/h3-10,17H,11-12H2,1-2H3,(H,23,26)/t17-/m1/s1. The van der Waals surface area contributed by atoms with Gasteiger partial charge in [0.2, 0.25) is 5.91 Å². The molecule has 0 aliphatic carbocycles. The van der Waals surface area contributed by atoms with Crippen molar-refractivity contribution >= 4 is 58.1 Å². The molecule has 2 aromatic rings. The number of methoxy groups -OCH3 is 2. The third-order valence-corrected chi connectivity index (χ3v) is 5.35. The molecule has 10 heteroatoms. The van der Waals surface area contributed by atoms with Crippen LogP contribution in [0.3, 0.4) is 0 Å². The first-order chi connectivity index (χ1) is 14.8. The van der Waals surface area contributed by atoms with E-state index >= 15 is 0 Å². The van der Waals surface area contributed by atoms with Gasteiger partial charge in [0.25, 0.3) is 5.91 Å². The highest BCUT2D eigenvalue weighted by Crippen LogP contribution is 2.28. The molecule has 1 fully saturated rings. The lowest BCUT2D eigenvalue weighted by Crippen LogP contribution is -2.41. The fraction of sp³-hybridized carbons (Fsp3) is 0.238. The van der Waals surface area contributed by atoms with Crippen molar-refractivity contribution in [2.24, 2.45) is 0 Å². The molecule has 0 unspecified atom stereocenters. The molecule has 3 rings (SSSR count). The van der Waals surface area contributed by atoms with E-state index in [1.165, 1.54) is 16.9 Å². The van der Waals surface area contributed by atoms with Crippen molar-refractivity contribution in [1.29, 1.82) is 0 Å². The Morgan fingerprint density at radius 2 is 1.74 bits per heavy atom. The molecule has 0 spiro atoms. The topological polar surface area (TPSA) is 88.2 Å². The second kappa shape index (κ2) is 9.76. The number of nitrogens with zero attached hydrogens (tertiary/aromatic N) is 2. The van der Waals surface area contributed by atoms with E-state index in [1.807, 2.05) is 0 Å². The summed E-state index contributed by atoms with van der Waals surface area (Å²) in [5.74, 6) is -0.744. The SMILES string of the molecule is COC(=O)CN1C(=S)N(c2ccc(Cl)cc2)C(=O)[C@H]1CC(=O)Nc1ccc(OC)cc1. The van der Waals surface area contributed by atoms with Gasteiger partial charge in [0.15, 0.2) is 5.11 Å². The van der Waals surface area contributed by atoms with E-state index in [9.17, 15) is 14.4 Å². The zero-order chi connectivity index (χ0) is 22.5. The van der Waals surface area contributed by atoms with Crippen molar-refractivity contribution in [3.8, 4) is 5.75 Å². The zero-order valence-electron chi connectivity index (χ0n) is 16.8. The maximum Gasteiger partial charge on any atom is 0.325 e. The maximum absolute atomic E-state index is 13.2. The maximum atomic E-state index is 13.2. The number of rotatable bonds is 7. The van der Waals surface area contributed by atoms with Crippen molar-refractivity contribution in [2.75, 3.05) is 31.0 Å². The Morgan fingerprint density at radius 3 is 2.32 bits per heavy atom. The number of esters is 1. The van der Waals surface area contributed by atoms with Crippen molar-refractivity contribution in [3.63, 3.8) is 0 Å². The lowest BCUT2D eigenvalue weighted by molar-refractivity contribution is -0.141. The molecule has 0 aromatic heterocycles. The molecule has 1 aliphatic rings. The van der Waals surface area contributed by atoms with Gasteiger partial charge in [0.05, 0.1) is 26.3 Å². The molecule has 0 saturated carbocycles. The summed E-state index contributed by atoms with van der Waals surface area (Å²) in [5, 5.41) is 3.35. The number of thiocarbonyl (C=S) groups is 1. The van der Waals surface area contributed by atoms with Gasteiger partial charge in [-0.1, -0.05) is 11.6 Å². The second-order valence-corrected chi connectivity index (χ2v) is 7.43. The zero-order valence-corrected chi connectivity index (χ0v) is 18.4. The fourth-order valence-corrected chi connectivity index (χ4v) is 3.62.